The number of nitrogens with two attached hydrogens (primary N) is 2. The summed E-state index contributed by atoms with van der Waals surface area (Å²) in [5, 5.41) is 0. The minimum atomic E-state index is -0.562. The summed E-state index contributed by atoms with van der Waals surface area (Å²) in [6.45, 7) is 6.03. The summed E-state index contributed by atoms with van der Waals surface area (Å²) in [5.74, 6) is 1.49. The largest absolute Gasteiger partial charge is 0.369 e. The van der Waals surface area contributed by atoms with Crippen LogP contribution < -0.4 is 16.4 Å². The first-order valence-corrected chi connectivity index (χ1v) is 9.12. The molecule has 3 rings (SSSR count). The molecule has 0 spiro atoms. The highest BCUT2D eigenvalue weighted by atomic mass is 32.2. The molecule has 5 nitrogen and oxygen atoms in total. The van der Waals surface area contributed by atoms with E-state index in [1.54, 1.807) is 0 Å². The van der Waals surface area contributed by atoms with Crippen molar-refractivity contribution >= 4 is 29.4 Å². The van der Waals surface area contributed by atoms with Gasteiger partial charge in [0.1, 0.15) is 5.66 Å². The van der Waals surface area contributed by atoms with E-state index >= 15 is 0 Å². The van der Waals surface area contributed by atoms with Gasteiger partial charge in [-0.05, 0) is 50.6 Å². The number of anilines is 1. The highest BCUT2D eigenvalue weighted by Crippen LogP contribution is 2.29. The van der Waals surface area contributed by atoms with Gasteiger partial charge in [-0.3, -0.25) is 4.90 Å². The van der Waals surface area contributed by atoms with Gasteiger partial charge in [0.15, 0.2) is 0 Å². The lowest BCUT2D eigenvalue weighted by Gasteiger charge is -2.38. The molecule has 0 aliphatic carbocycles. The second-order valence-electron chi connectivity index (χ2n) is 6.54. The lowest BCUT2D eigenvalue weighted by molar-refractivity contribution is 0.534. The molecular weight excluding hydrogens is 330 g/mol. The Morgan fingerprint density at radius 3 is 2.44 bits per heavy atom. The summed E-state index contributed by atoms with van der Waals surface area (Å²) in [7, 11) is 0. The number of hydrogen-bond donors (Lipinski definition) is 2. The lowest BCUT2D eigenvalue weighted by atomic mass is 10.1. The van der Waals surface area contributed by atoms with Gasteiger partial charge in [0, 0.05) is 16.3 Å². The smallest absolute Gasteiger partial charge is 0.220 e. The van der Waals surface area contributed by atoms with Crippen molar-refractivity contribution in [2.75, 3.05) is 4.90 Å². The Bertz CT molecular complexity index is 824. The van der Waals surface area contributed by atoms with E-state index in [0.717, 1.165) is 11.4 Å². The second-order valence-corrected chi connectivity index (χ2v) is 7.59. The number of guanidine groups is 2. The predicted octanol–water partition coefficient (Wildman–Crippen LogP) is 3.47. The quantitative estimate of drug-likeness (QED) is 0.825. The number of nitrogens with zero attached hydrogens (tertiary/aromatic N) is 3. The zero-order valence-electron chi connectivity index (χ0n) is 14.7. The van der Waals surface area contributed by atoms with Crippen molar-refractivity contribution in [3.63, 3.8) is 0 Å². The van der Waals surface area contributed by atoms with Crippen molar-refractivity contribution in [3.05, 3.63) is 59.7 Å². The fraction of sp³-hybridized carbons (Fsp3) is 0.263. The Balaban J connectivity index is 1.73. The van der Waals surface area contributed by atoms with Crippen LogP contribution in [0.2, 0.25) is 0 Å². The molecular formula is C19H23N5S. The minimum Gasteiger partial charge on any atom is -0.369 e. The zero-order chi connectivity index (χ0) is 18.0. The fourth-order valence-electron chi connectivity index (χ4n) is 2.86. The molecule has 25 heavy (non-hydrogen) atoms. The van der Waals surface area contributed by atoms with Crippen LogP contribution in [0.5, 0.6) is 0 Å². The first-order valence-electron chi connectivity index (χ1n) is 8.13. The van der Waals surface area contributed by atoms with E-state index in [1.807, 2.05) is 42.6 Å². The van der Waals surface area contributed by atoms with E-state index in [-0.39, 0.29) is 5.96 Å². The summed E-state index contributed by atoms with van der Waals surface area (Å²) in [4.78, 5) is 11.6. The molecule has 0 saturated heterocycles. The first-order chi connectivity index (χ1) is 11.8. The van der Waals surface area contributed by atoms with Gasteiger partial charge in [-0.25, -0.2) is 4.99 Å². The van der Waals surface area contributed by atoms with Gasteiger partial charge in [-0.2, -0.15) is 4.99 Å². The van der Waals surface area contributed by atoms with Crippen LogP contribution in [0.4, 0.5) is 5.69 Å². The van der Waals surface area contributed by atoms with Crippen molar-refractivity contribution in [3.8, 4) is 0 Å². The van der Waals surface area contributed by atoms with Crippen LogP contribution in [0.1, 0.15) is 25.0 Å². The van der Waals surface area contributed by atoms with Gasteiger partial charge in [-0.1, -0.05) is 29.8 Å². The van der Waals surface area contributed by atoms with Gasteiger partial charge in [0.25, 0.3) is 0 Å². The normalized spacial score (nSPS) is 16.4. The molecule has 0 amide bonds. The third kappa shape index (κ3) is 3.96. The highest BCUT2D eigenvalue weighted by Gasteiger charge is 2.32. The van der Waals surface area contributed by atoms with Crippen LogP contribution in [0.15, 0.2) is 63.4 Å². The maximum Gasteiger partial charge on any atom is 0.220 e. The van der Waals surface area contributed by atoms with E-state index in [4.69, 9.17) is 11.5 Å². The van der Waals surface area contributed by atoms with Gasteiger partial charge in [-0.15, -0.1) is 11.8 Å². The van der Waals surface area contributed by atoms with Crippen LogP contribution in [0.3, 0.4) is 0 Å². The molecule has 0 unspecified atom stereocenters. The van der Waals surface area contributed by atoms with Crippen LogP contribution in [-0.2, 0) is 5.75 Å². The number of aryl methyl sites for hydroxylation is 1. The molecule has 1 aliphatic heterocycles. The number of thioether (sulfide) groups is 1. The molecule has 2 aromatic carbocycles. The molecule has 0 fully saturated rings. The predicted molar refractivity (Wildman–Crippen MR) is 107 cm³/mol. The number of aliphatic imine (C=N–C) groups is 2. The summed E-state index contributed by atoms with van der Waals surface area (Å²) < 4.78 is 0. The monoisotopic (exact) mass is 353 g/mol. The van der Waals surface area contributed by atoms with Gasteiger partial charge in [0.05, 0.1) is 0 Å². The number of hydrogen-bond acceptors (Lipinski definition) is 6. The third-order valence-corrected chi connectivity index (χ3v) is 5.05. The Kier molecular flexibility index (Phi) is 4.72. The minimum absolute atomic E-state index is 0.213. The van der Waals surface area contributed by atoms with Crippen LogP contribution in [0, 0.1) is 6.92 Å². The molecule has 0 atom stereocenters. The summed E-state index contributed by atoms with van der Waals surface area (Å²) in [6.07, 6.45) is 0. The average molecular weight is 353 g/mol. The Hall–Kier alpha value is -2.47. The van der Waals surface area contributed by atoms with Crippen molar-refractivity contribution in [2.45, 2.75) is 37.1 Å². The topological polar surface area (TPSA) is 80.0 Å². The average Bonchev–Trinajstić information content (AvgIpc) is 2.52. The maximum absolute atomic E-state index is 6.07. The van der Waals surface area contributed by atoms with E-state index in [9.17, 15) is 0 Å². The molecule has 1 aliphatic rings. The standard InChI is InChI=1S/C19H23N5S/c1-13-5-4-6-16(11-13)25-12-14-7-9-15(10-8-14)24-18(21)22-17(20)23-19(24,2)3/h4-11H,12H2,1-3H3,(H4,20,21,22,23). The maximum atomic E-state index is 6.07. The molecule has 1 heterocycles. The van der Waals surface area contributed by atoms with E-state index in [0.29, 0.717) is 5.96 Å². The van der Waals surface area contributed by atoms with Crippen molar-refractivity contribution in [1.82, 2.24) is 0 Å². The fourth-order valence-corrected chi connectivity index (χ4v) is 3.83. The van der Waals surface area contributed by atoms with Crippen molar-refractivity contribution in [2.24, 2.45) is 21.5 Å². The van der Waals surface area contributed by atoms with E-state index in [2.05, 4.69) is 53.3 Å². The molecule has 130 valence electrons. The Morgan fingerprint density at radius 1 is 1.08 bits per heavy atom. The molecule has 0 saturated carbocycles. The Morgan fingerprint density at radius 2 is 1.80 bits per heavy atom. The molecule has 6 heteroatoms. The molecule has 2 aromatic rings. The summed E-state index contributed by atoms with van der Waals surface area (Å²) in [5.41, 5.74) is 14.7. The lowest BCUT2D eigenvalue weighted by Crippen LogP contribution is -2.54. The first kappa shape index (κ1) is 17.4. The molecule has 0 aromatic heterocycles. The summed E-state index contributed by atoms with van der Waals surface area (Å²) in [6, 6.07) is 16.9. The SMILES string of the molecule is Cc1cccc(SCc2ccc(N3C(N)=NC(N)=NC3(C)C)cc2)c1. The second kappa shape index (κ2) is 6.80. The number of rotatable bonds is 4. The third-order valence-electron chi connectivity index (χ3n) is 3.98. The van der Waals surface area contributed by atoms with Gasteiger partial charge < -0.3 is 11.5 Å². The molecule has 0 radical (unpaired) electrons. The van der Waals surface area contributed by atoms with Crippen LogP contribution in [0.25, 0.3) is 0 Å². The molecule has 4 N–H and O–H groups in total. The molecule has 0 bridgehead atoms. The van der Waals surface area contributed by atoms with Gasteiger partial charge >= 0.3 is 0 Å². The summed E-state index contributed by atoms with van der Waals surface area (Å²) >= 11 is 1.83. The van der Waals surface area contributed by atoms with E-state index in [1.165, 1.54) is 16.0 Å². The zero-order valence-corrected chi connectivity index (χ0v) is 15.5. The van der Waals surface area contributed by atoms with E-state index < -0.39 is 5.66 Å². The highest BCUT2D eigenvalue weighted by molar-refractivity contribution is 7.98. The van der Waals surface area contributed by atoms with Crippen molar-refractivity contribution < 1.29 is 0 Å². The van der Waals surface area contributed by atoms with Gasteiger partial charge in [0.2, 0.25) is 11.9 Å². The van der Waals surface area contributed by atoms with Crippen LogP contribution in [-0.4, -0.2) is 17.6 Å². The number of benzene rings is 2. The van der Waals surface area contributed by atoms with Crippen molar-refractivity contribution in [1.29, 1.82) is 0 Å². The van der Waals surface area contributed by atoms with Crippen LogP contribution >= 0.6 is 11.8 Å². The Labute approximate surface area is 152 Å².